The van der Waals surface area contributed by atoms with Crippen LogP contribution in [0.5, 0.6) is 0 Å². The first kappa shape index (κ1) is 15.5. The number of fused-ring (bicyclic) bond motifs is 1. The van der Waals surface area contributed by atoms with Crippen LogP contribution in [0.4, 0.5) is 4.39 Å². The minimum atomic E-state index is -0.0957. The maximum absolute atomic E-state index is 14.6. The van der Waals surface area contributed by atoms with E-state index in [9.17, 15) is 4.39 Å². The molecule has 0 saturated heterocycles. The van der Waals surface area contributed by atoms with Crippen LogP contribution in [-0.2, 0) is 0 Å². The summed E-state index contributed by atoms with van der Waals surface area (Å²) in [7, 11) is 0. The summed E-state index contributed by atoms with van der Waals surface area (Å²) in [5, 5.41) is 2.25. The van der Waals surface area contributed by atoms with E-state index in [4.69, 9.17) is 0 Å². The van der Waals surface area contributed by atoms with E-state index in [0.717, 1.165) is 47.6 Å². The molecule has 0 aromatic heterocycles. The second-order valence-corrected chi connectivity index (χ2v) is 5.33. The van der Waals surface area contributed by atoms with Gasteiger partial charge in [-0.15, -0.1) is 0 Å². The zero-order valence-corrected chi connectivity index (χ0v) is 12.9. The molecular weight excluding hydrogens is 259 g/mol. The number of hydrogen-bond donors (Lipinski definition) is 0. The maximum Gasteiger partial charge on any atom is 0.126 e. The van der Waals surface area contributed by atoms with Gasteiger partial charge in [-0.3, -0.25) is 0 Å². The highest BCUT2D eigenvalue weighted by atomic mass is 19.1. The summed E-state index contributed by atoms with van der Waals surface area (Å²) in [4.78, 5) is 0. The van der Waals surface area contributed by atoms with Crippen LogP contribution in [-0.4, -0.2) is 0 Å². The molecule has 0 nitrogen and oxygen atoms in total. The van der Waals surface area contributed by atoms with E-state index >= 15 is 0 Å². The van der Waals surface area contributed by atoms with Crippen molar-refractivity contribution in [2.45, 2.75) is 39.5 Å². The number of benzene rings is 2. The van der Waals surface area contributed by atoms with Crippen molar-refractivity contribution in [3.8, 4) is 0 Å². The van der Waals surface area contributed by atoms with Gasteiger partial charge in [-0.1, -0.05) is 75.2 Å². The molecule has 1 heteroatoms. The van der Waals surface area contributed by atoms with Crippen molar-refractivity contribution in [3.63, 3.8) is 0 Å². The monoisotopic (exact) mass is 282 g/mol. The van der Waals surface area contributed by atoms with Crippen molar-refractivity contribution in [2.75, 3.05) is 0 Å². The van der Waals surface area contributed by atoms with E-state index in [1.807, 2.05) is 36.4 Å². The molecule has 110 valence electrons. The van der Waals surface area contributed by atoms with E-state index in [1.54, 1.807) is 6.08 Å². The van der Waals surface area contributed by atoms with Crippen molar-refractivity contribution in [1.82, 2.24) is 0 Å². The lowest BCUT2D eigenvalue weighted by Gasteiger charge is -2.06. The molecule has 2 aromatic rings. The van der Waals surface area contributed by atoms with Crippen LogP contribution in [0.15, 0.2) is 59.9 Å². The van der Waals surface area contributed by atoms with Crippen molar-refractivity contribution in [2.24, 2.45) is 0 Å². The van der Waals surface area contributed by atoms with Crippen LogP contribution >= 0.6 is 0 Å². The van der Waals surface area contributed by atoms with Gasteiger partial charge in [0.2, 0.25) is 0 Å². The maximum atomic E-state index is 14.6. The highest BCUT2D eigenvalue weighted by Crippen LogP contribution is 2.25. The third-order valence-corrected chi connectivity index (χ3v) is 3.61. The lowest BCUT2D eigenvalue weighted by molar-refractivity contribution is 0.640. The third-order valence-electron chi connectivity index (χ3n) is 3.61. The molecule has 0 unspecified atom stereocenters. The van der Waals surface area contributed by atoms with E-state index in [1.165, 1.54) is 0 Å². The Morgan fingerprint density at radius 3 is 2.52 bits per heavy atom. The van der Waals surface area contributed by atoms with Crippen molar-refractivity contribution in [1.29, 1.82) is 0 Å². The first-order chi connectivity index (χ1) is 10.3. The van der Waals surface area contributed by atoms with Gasteiger partial charge < -0.3 is 0 Å². The van der Waals surface area contributed by atoms with Crippen LogP contribution in [0.25, 0.3) is 16.8 Å². The fourth-order valence-electron chi connectivity index (χ4n) is 2.51. The van der Waals surface area contributed by atoms with Crippen LogP contribution in [0.1, 0.15) is 45.1 Å². The summed E-state index contributed by atoms with van der Waals surface area (Å²) >= 11 is 0. The molecule has 0 bridgehead atoms. The molecule has 0 N–H and O–H groups in total. The second kappa shape index (κ2) is 7.78. The Morgan fingerprint density at radius 1 is 1.00 bits per heavy atom. The smallest absolute Gasteiger partial charge is 0.126 e. The van der Waals surface area contributed by atoms with Crippen LogP contribution in [0.2, 0.25) is 0 Å². The normalized spacial score (nSPS) is 12.9. The van der Waals surface area contributed by atoms with Gasteiger partial charge in [0.1, 0.15) is 5.83 Å². The highest BCUT2D eigenvalue weighted by Gasteiger charge is 2.05. The Bertz CT molecular complexity index is 644. The summed E-state index contributed by atoms with van der Waals surface area (Å²) in [5.74, 6) is -0.0957. The zero-order chi connectivity index (χ0) is 15.1. The lowest BCUT2D eigenvalue weighted by atomic mass is 10.0. The molecule has 2 aromatic carbocycles. The SMILES string of the molecule is CCC/C=C(CCC)/C(F)=C/c1cccc2ccccc12. The minimum Gasteiger partial charge on any atom is -0.207 e. The predicted octanol–water partition coefficient (Wildman–Crippen LogP) is 6.68. The quantitative estimate of drug-likeness (QED) is 0.518. The lowest BCUT2D eigenvalue weighted by Crippen LogP contribution is -1.86. The van der Waals surface area contributed by atoms with Crippen LogP contribution in [0.3, 0.4) is 0 Å². The summed E-state index contributed by atoms with van der Waals surface area (Å²) in [6.45, 7) is 4.21. The molecule has 0 aliphatic heterocycles. The van der Waals surface area contributed by atoms with Gasteiger partial charge >= 0.3 is 0 Å². The van der Waals surface area contributed by atoms with Gasteiger partial charge in [0.05, 0.1) is 0 Å². The number of hydrogen-bond acceptors (Lipinski definition) is 0. The minimum absolute atomic E-state index is 0.0957. The van der Waals surface area contributed by atoms with Crippen molar-refractivity contribution in [3.05, 3.63) is 65.5 Å². The van der Waals surface area contributed by atoms with E-state index in [0.29, 0.717) is 0 Å². The predicted molar refractivity (Wildman–Crippen MR) is 90.9 cm³/mol. The number of rotatable bonds is 6. The molecule has 21 heavy (non-hydrogen) atoms. The van der Waals surface area contributed by atoms with Gasteiger partial charge in [0, 0.05) is 0 Å². The molecule has 0 aliphatic rings. The summed E-state index contributed by atoms with van der Waals surface area (Å²) < 4.78 is 14.6. The Morgan fingerprint density at radius 2 is 1.76 bits per heavy atom. The fraction of sp³-hybridized carbons (Fsp3) is 0.300. The average molecular weight is 282 g/mol. The Hall–Kier alpha value is -1.89. The molecule has 0 atom stereocenters. The van der Waals surface area contributed by atoms with Crippen LogP contribution < -0.4 is 0 Å². The Labute approximate surface area is 127 Å². The van der Waals surface area contributed by atoms with Gasteiger partial charge in [-0.2, -0.15) is 0 Å². The van der Waals surface area contributed by atoms with E-state index < -0.39 is 0 Å². The van der Waals surface area contributed by atoms with Crippen LogP contribution in [0, 0.1) is 0 Å². The largest absolute Gasteiger partial charge is 0.207 e. The Balaban J connectivity index is 2.39. The molecule has 0 amide bonds. The van der Waals surface area contributed by atoms with Crippen molar-refractivity contribution >= 4 is 16.8 Å². The summed E-state index contributed by atoms with van der Waals surface area (Å²) in [6, 6.07) is 14.1. The van der Waals surface area contributed by atoms with Crippen molar-refractivity contribution < 1.29 is 4.39 Å². The summed E-state index contributed by atoms with van der Waals surface area (Å²) in [5.41, 5.74) is 1.79. The first-order valence-corrected chi connectivity index (χ1v) is 7.80. The van der Waals surface area contributed by atoms with Gasteiger partial charge in [-0.05, 0) is 40.8 Å². The number of unbranched alkanes of at least 4 members (excludes halogenated alkanes) is 1. The fourth-order valence-corrected chi connectivity index (χ4v) is 2.51. The molecule has 0 aliphatic carbocycles. The number of halogens is 1. The van der Waals surface area contributed by atoms with Gasteiger partial charge in [0.25, 0.3) is 0 Å². The molecule has 2 rings (SSSR count). The van der Waals surface area contributed by atoms with Gasteiger partial charge in [-0.25, -0.2) is 4.39 Å². The molecular formula is C20H23F. The average Bonchev–Trinajstić information content (AvgIpc) is 2.51. The summed E-state index contributed by atoms with van der Waals surface area (Å²) in [6.07, 6.45) is 7.47. The standard InChI is InChI=1S/C20H23F/c1-3-5-10-17(9-4-2)20(21)15-18-13-8-12-16-11-6-7-14-19(16)18/h6-8,10-15H,3-5,9H2,1-2H3/b17-10+,20-15-. The Kier molecular flexibility index (Phi) is 5.74. The van der Waals surface area contributed by atoms with Gasteiger partial charge in [0.15, 0.2) is 0 Å². The highest BCUT2D eigenvalue weighted by molar-refractivity contribution is 5.91. The third kappa shape index (κ3) is 4.04. The first-order valence-electron chi connectivity index (χ1n) is 7.80. The molecule has 0 fully saturated rings. The molecule has 0 heterocycles. The van der Waals surface area contributed by atoms with E-state index in [-0.39, 0.29) is 5.83 Å². The molecule has 0 spiro atoms. The van der Waals surface area contributed by atoms with E-state index in [2.05, 4.69) is 26.0 Å². The number of allylic oxidation sites excluding steroid dienone is 3. The zero-order valence-electron chi connectivity index (χ0n) is 12.9. The molecule has 0 radical (unpaired) electrons. The topological polar surface area (TPSA) is 0 Å². The second-order valence-electron chi connectivity index (χ2n) is 5.33. The molecule has 0 saturated carbocycles.